The molecule has 1 aromatic rings. The van der Waals surface area contributed by atoms with Gasteiger partial charge in [-0.1, -0.05) is 0 Å². The summed E-state index contributed by atoms with van der Waals surface area (Å²) in [6.45, 7) is 1.49. The molecule has 0 spiro atoms. The molecule has 1 aromatic carbocycles. The molecule has 0 saturated heterocycles. The van der Waals surface area contributed by atoms with E-state index < -0.39 is 6.10 Å². The molecule has 4 nitrogen and oxygen atoms in total. The highest BCUT2D eigenvalue weighted by Crippen LogP contribution is 2.25. The van der Waals surface area contributed by atoms with E-state index in [1.807, 2.05) is 6.92 Å². The monoisotopic (exact) mass is 243 g/mol. The summed E-state index contributed by atoms with van der Waals surface area (Å²) in [5.74, 6) is 0.165. The van der Waals surface area contributed by atoms with E-state index in [-0.39, 0.29) is 25.1 Å². The van der Waals surface area contributed by atoms with E-state index in [4.69, 9.17) is 9.84 Å². The minimum absolute atomic E-state index is 0.0223. The highest BCUT2D eigenvalue weighted by Gasteiger charge is 2.12. The molecule has 96 valence electrons. The average molecular weight is 243 g/mol. The van der Waals surface area contributed by atoms with Gasteiger partial charge in [0.25, 0.3) is 0 Å². The lowest BCUT2D eigenvalue weighted by Crippen LogP contribution is -2.22. The Morgan fingerprint density at radius 3 is 2.76 bits per heavy atom. The fourth-order valence-electron chi connectivity index (χ4n) is 1.38. The molecule has 0 bridgehead atoms. The molecule has 0 amide bonds. The maximum absolute atomic E-state index is 13.1. The number of rotatable bonds is 6. The second-order valence-electron chi connectivity index (χ2n) is 3.84. The predicted octanol–water partition coefficient (Wildman–Crippen LogP) is 0.838. The molecule has 0 saturated carbocycles. The standard InChI is InChI=1S/C12H18FNO3/c1-8(14-2)11-5-9(13)3-4-12(11)17-7-10(16)6-15/h3-5,8,10,14-16H,6-7H2,1-2H3. The topological polar surface area (TPSA) is 61.7 Å². The van der Waals surface area contributed by atoms with E-state index in [1.165, 1.54) is 18.2 Å². The zero-order valence-corrected chi connectivity index (χ0v) is 9.98. The van der Waals surface area contributed by atoms with Gasteiger partial charge in [0.05, 0.1) is 6.61 Å². The van der Waals surface area contributed by atoms with Crippen LogP contribution >= 0.6 is 0 Å². The third-order valence-corrected chi connectivity index (χ3v) is 2.51. The molecule has 0 radical (unpaired) electrons. The molecular formula is C12H18FNO3. The van der Waals surface area contributed by atoms with Crippen molar-refractivity contribution >= 4 is 0 Å². The summed E-state index contributed by atoms with van der Waals surface area (Å²) in [5.41, 5.74) is 0.678. The van der Waals surface area contributed by atoms with Crippen LogP contribution in [0.2, 0.25) is 0 Å². The predicted molar refractivity (Wildman–Crippen MR) is 62.5 cm³/mol. The Labute approximate surface area is 100 Å². The first kappa shape index (κ1) is 13.9. The van der Waals surface area contributed by atoms with E-state index in [0.717, 1.165) is 0 Å². The van der Waals surface area contributed by atoms with Crippen LogP contribution in [-0.2, 0) is 0 Å². The highest BCUT2D eigenvalue weighted by molar-refractivity contribution is 5.36. The van der Waals surface area contributed by atoms with Crippen molar-refractivity contribution in [2.75, 3.05) is 20.3 Å². The van der Waals surface area contributed by atoms with Crippen LogP contribution in [0.4, 0.5) is 4.39 Å². The summed E-state index contributed by atoms with van der Waals surface area (Å²) in [6.07, 6.45) is -0.933. The lowest BCUT2D eigenvalue weighted by Gasteiger charge is -2.17. The van der Waals surface area contributed by atoms with Gasteiger partial charge in [0, 0.05) is 11.6 Å². The number of halogens is 1. The maximum Gasteiger partial charge on any atom is 0.124 e. The van der Waals surface area contributed by atoms with Crippen molar-refractivity contribution < 1.29 is 19.3 Å². The number of benzene rings is 1. The molecule has 0 aromatic heterocycles. The molecule has 2 atom stereocenters. The Balaban J connectivity index is 2.83. The Morgan fingerprint density at radius 2 is 2.18 bits per heavy atom. The minimum atomic E-state index is -0.933. The van der Waals surface area contributed by atoms with Crippen LogP contribution in [0.15, 0.2) is 18.2 Å². The number of ether oxygens (including phenoxy) is 1. The van der Waals surface area contributed by atoms with Gasteiger partial charge in [-0.25, -0.2) is 4.39 Å². The van der Waals surface area contributed by atoms with E-state index in [1.54, 1.807) is 7.05 Å². The summed E-state index contributed by atoms with van der Waals surface area (Å²) in [6, 6.07) is 4.14. The quantitative estimate of drug-likeness (QED) is 0.693. The average Bonchev–Trinajstić information content (AvgIpc) is 2.35. The van der Waals surface area contributed by atoms with Gasteiger partial charge >= 0.3 is 0 Å². The number of hydrogen-bond acceptors (Lipinski definition) is 4. The van der Waals surface area contributed by atoms with Crippen LogP contribution in [0.5, 0.6) is 5.75 Å². The normalized spacial score (nSPS) is 14.4. The molecule has 17 heavy (non-hydrogen) atoms. The highest BCUT2D eigenvalue weighted by atomic mass is 19.1. The van der Waals surface area contributed by atoms with Gasteiger partial charge in [0.1, 0.15) is 24.3 Å². The second-order valence-corrected chi connectivity index (χ2v) is 3.84. The third kappa shape index (κ3) is 3.96. The van der Waals surface area contributed by atoms with E-state index in [9.17, 15) is 9.50 Å². The lowest BCUT2D eigenvalue weighted by atomic mass is 10.1. The molecule has 0 aliphatic carbocycles. The van der Waals surface area contributed by atoms with Gasteiger partial charge in [-0.15, -0.1) is 0 Å². The number of aliphatic hydroxyl groups excluding tert-OH is 2. The summed E-state index contributed by atoms with van der Waals surface area (Å²) >= 11 is 0. The van der Waals surface area contributed by atoms with Crippen molar-refractivity contribution in [1.82, 2.24) is 5.32 Å². The minimum Gasteiger partial charge on any atom is -0.490 e. The molecule has 0 fully saturated rings. The van der Waals surface area contributed by atoms with E-state index in [0.29, 0.717) is 11.3 Å². The van der Waals surface area contributed by atoms with Gasteiger partial charge in [0.15, 0.2) is 0 Å². The van der Waals surface area contributed by atoms with Crippen molar-refractivity contribution in [2.24, 2.45) is 0 Å². The zero-order chi connectivity index (χ0) is 12.8. The Kier molecular flexibility index (Phi) is 5.34. The molecule has 0 heterocycles. The number of aliphatic hydroxyl groups is 2. The third-order valence-electron chi connectivity index (χ3n) is 2.51. The maximum atomic E-state index is 13.1. The first-order chi connectivity index (χ1) is 8.08. The molecule has 5 heteroatoms. The van der Waals surface area contributed by atoms with Gasteiger partial charge in [-0.2, -0.15) is 0 Å². The first-order valence-electron chi connectivity index (χ1n) is 5.47. The van der Waals surface area contributed by atoms with Gasteiger partial charge in [-0.05, 0) is 32.2 Å². The van der Waals surface area contributed by atoms with Crippen molar-refractivity contribution in [3.63, 3.8) is 0 Å². The first-order valence-corrected chi connectivity index (χ1v) is 5.47. The van der Waals surface area contributed by atoms with Crippen LogP contribution in [-0.4, -0.2) is 36.6 Å². The molecular weight excluding hydrogens is 225 g/mol. The summed E-state index contributed by atoms with van der Waals surface area (Å²) in [4.78, 5) is 0. The van der Waals surface area contributed by atoms with Crippen LogP contribution < -0.4 is 10.1 Å². The molecule has 0 aliphatic rings. The zero-order valence-electron chi connectivity index (χ0n) is 9.98. The lowest BCUT2D eigenvalue weighted by molar-refractivity contribution is 0.0531. The van der Waals surface area contributed by atoms with Crippen LogP contribution in [0.25, 0.3) is 0 Å². The van der Waals surface area contributed by atoms with E-state index >= 15 is 0 Å². The fraction of sp³-hybridized carbons (Fsp3) is 0.500. The molecule has 1 rings (SSSR count). The van der Waals surface area contributed by atoms with Crippen molar-refractivity contribution in [2.45, 2.75) is 19.1 Å². The van der Waals surface area contributed by atoms with Crippen LogP contribution in [0.1, 0.15) is 18.5 Å². The van der Waals surface area contributed by atoms with Gasteiger partial charge in [-0.3, -0.25) is 0 Å². The number of hydrogen-bond donors (Lipinski definition) is 3. The smallest absolute Gasteiger partial charge is 0.124 e. The molecule has 3 N–H and O–H groups in total. The van der Waals surface area contributed by atoms with E-state index in [2.05, 4.69) is 5.32 Å². The second kappa shape index (κ2) is 6.54. The van der Waals surface area contributed by atoms with Gasteiger partial charge < -0.3 is 20.3 Å². The Morgan fingerprint density at radius 1 is 1.47 bits per heavy atom. The van der Waals surface area contributed by atoms with Crippen molar-refractivity contribution in [3.05, 3.63) is 29.6 Å². The van der Waals surface area contributed by atoms with Crippen molar-refractivity contribution in [3.8, 4) is 5.75 Å². The molecule has 2 unspecified atom stereocenters. The van der Waals surface area contributed by atoms with Gasteiger partial charge in [0.2, 0.25) is 0 Å². The largest absolute Gasteiger partial charge is 0.490 e. The van der Waals surface area contributed by atoms with Crippen LogP contribution in [0.3, 0.4) is 0 Å². The van der Waals surface area contributed by atoms with Crippen molar-refractivity contribution in [1.29, 1.82) is 0 Å². The summed E-state index contributed by atoms with van der Waals surface area (Å²) in [7, 11) is 1.77. The summed E-state index contributed by atoms with van der Waals surface area (Å²) < 4.78 is 18.5. The Bertz CT molecular complexity index is 360. The fourth-order valence-corrected chi connectivity index (χ4v) is 1.38. The molecule has 0 aliphatic heterocycles. The SMILES string of the molecule is CNC(C)c1cc(F)ccc1OCC(O)CO. The number of nitrogens with one attached hydrogen (secondary N) is 1. The van der Waals surface area contributed by atoms with Crippen LogP contribution in [0, 0.1) is 5.82 Å². The summed E-state index contributed by atoms with van der Waals surface area (Å²) in [5, 5.41) is 20.9. The Hall–Kier alpha value is -1.17.